The molecule has 2 aliphatic carbocycles. The first-order chi connectivity index (χ1) is 15.0. The number of hydrogen-bond donors (Lipinski definition) is 2. The monoisotopic (exact) mass is 433 g/mol. The average Bonchev–Trinajstić information content (AvgIpc) is 3.57. The Kier molecular flexibility index (Phi) is 8.52. The van der Waals surface area contributed by atoms with Gasteiger partial charge in [-0.25, -0.2) is 9.79 Å². The molecule has 2 saturated carbocycles. The third kappa shape index (κ3) is 7.10. The van der Waals surface area contributed by atoms with Crippen molar-refractivity contribution in [2.75, 3.05) is 32.9 Å². The van der Waals surface area contributed by atoms with E-state index in [1.165, 1.54) is 32.1 Å². The van der Waals surface area contributed by atoms with Crippen LogP contribution in [0.3, 0.4) is 0 Å². The predicted molar refractivity (Wildman–Crippen MR) is 115 cm³/mol. The van der Waals surface area contributed by atoms with Crippen molar-refractivity contribution in [1.29, 1.82) is 5.26 Å². The molecule has 0 aromatic carbocycles. The lowest BCUT2D eigenvalue weighted by atomic mass is 9.85. The molecule has 31 heavy (non-hydrogen) atoms. The Labute approximate surface area is 184 Å². The summed E-state index contributed by atoms with van der Waals surface area (Å²) >= 11 is 0. The smallest absolute Gasteiger partial charge is 0.413 e. The lowest BCUT2D eigenvalue weighted by molar-refractivity contribution is -0.123. The molecule has 1 atom stereocenters. The van der Waals surface area contributed by atoms with Crippen molar-refractivity contribution in [3.05, 3.63) is 0 Å². The van der Waals surface area contributed by atoms with Crippen molar-refractivity contribution in [2.24, 2.45) is 10.9 Å². The number of aliphatic imine (C=N–C) groups is 1. The maximum Gasteiger partial charge on any atom is 0.413 e. The second-order valence-corrected chi connectivity index (χ2v) is 8.68. The molecule has 1 saturated heterocycles. The second-order valence-electron chi connectivity index (χ2n) is 8.68. The summed E-state index contributed by atoms with van der Waals surface area (Å²) in [6, 6.07) is 1.55. The molecule has 172 valence electrons. The SMILES string of the molecule is CCOC(=O)NC(=NC(CCC1CCCCC1)C(=O)NC1(C#N)CC1)N1CCOCC1. The molecule has 3 rings (SSSR count). The van der Waals surface area contributed by atoms with Gasteiger partial charge in [0.25, 0.3) is 0 Å². The standard InChI is InChI=1S/C22H35N5O4/c1-2-31-21(29)25-20(27-12-14-30-15-13-27)24-18(9-8-17-6-4-3-5-7-17)19(28)26-22(16-23)10-11-22/h17-18H,2-15H2,1H3,(H,26,28)(H,24,25,29). The van der Waals surface area contributed by atoms with Crippen LogP contribution in [0.1, 0.15) is 64.7 Å². The number of ether oxygens (including phenoxy) is 2. The number of nitrogens with one attached hydrogen (secondary N) is 2. The molecule has 1 heterocycles. The molecule has 0 radical (unpaired) electrons. The number of carbonyl (C=O) groups is 2. The van der Waals surface area contributed by atoms with Crippen LogP contribution in [-0.4, -0.2) is 67.4 Å². The van der Waals surface area contributed by atoms with E-state index in [-0.39, 0.29) is 12.5 Å². The quantitative estimate of drug-likeness (QED) is 0.470. The van der Waals surface area contributed by atoms with E-state index >= 15 is 0 Å². The van der Waals surface area contributed by atoms with Gasteiger partial charge in [0.2, 0.25) is 11.9 Å². The Hall–Kier alpha value is -2.34. The highest BCUT2D eigenvalue weighted by atomic mass is 16.5. The number of rotatable bonds is 7. The normalized spacial score (nSPS) is 22.2. The van der Waals surface area contributed by atoms with E-state index in [1.54, 1.807) is 6.92 Å². The molecule has 0 spiro atoms. The fourth-order valence-corrected chi connectivity index (χ4v) is 4.21. The molecule has 9 nitrogen and oxygen atoms in total. The Balaban J connectivity index is 1.76. The molecule has 2 amide bonds. The molecule has 1 aliphatic heterocycles. The minimum absolute atomic E-state index is 0.244. The van der Waals surface area contributed by atoms with E-state index in [0.29, 0.717) is 57.4 Å². The van der Waals surface area contributed by atoms with E-state index in [0.717, 1.165) is 6.42 Å². The molecule has 0 aromatic heterocycles. The minimum Gasteiger partial charge on any atom is -0.450 e. The number of guanidine groups is 1. The Morgan fingerprint density at radius 1 is 1.26 bits per heavy atom. The average molecular weight is 434 g/mol. The summed E-state index contributed by atoms with van der Waals surface area (Å²) in [5.41, 5.74) is -0.747. The van der Waals surface area contributed by atoms with Gasteiger partial charge in [0.15, 0.2) is 0 Å². The van der Waals surface area contributed by atoms with Crippen molar-refractivity contribution in [2.45, 2.75) is 76.3 Å². The molecular formula is C22H35N5O4. The van der Waals surface area contributed by atoms with Gasteiger partial charge in [-0.1, -0.05) is 32.1 Å². The number of amides is 2. The highest BCUT2D eigenvalue weighted by Gasteiger charge is 2.45. The van der Waals surface area contributed by atoms with Gasteiger partial charge in [-0.15, -0.1) is 0 Å². The number of morpholine rings is 1. The zero-order valence-corrected chi connectivity index (χ0v) is 18.5. The van der Waals surface area contributed by atoms with E-state index in [2.05, 4.69) is 16.7 Å². The summed E-state index contributed by atoms with van der Waals surface area (Å²) in [5, 5.41) is 15.0. The van der Waals surface area contributed by atoms with Crippen LogP contribution in [0.15, 0.2) is 4.99 Å². The van der Waals surface area contributed by atoms with Gasteiger partial charge < -0.3 is 19.7 Å². The fraction of sp³-hybridized carbons (Fsp3) is 0.818. The van der Waals surface area contributed by atoms with E-state index in [9.17, 15) is 14.9 Å². The minimum atomic E-state index is -0.747. The molecule has 1 unspecified atom stereocenters. The first-order valence-corrected chi connectivity index (χ1v) is 11.6. The van der Waals surface area contributed by atoms with Crippen molar-refractivity contribution in [3.63, 3.8) is 0 Å². The maximum absolute atomic E-state index is 13.1. The van der Waals surface area contributed by atoms with E-state index < -0.39 is 17.7 Å². The lowest BCUT2D eigenvalue weighted by Crippen LogP contribution is -2.51. The lowest BCUT2D eigenvalue weighted by Gasteiger charge is -2.30. The number of nitriles is 1. The van der Waals surface area contributed by atoms with E-state index in [1.807, 2.05) is 4.90 Å². The predicted octanol–water partition coefficient (Wildman–Crippen LogP) is 2.32. The molecule has 0 aromatic rings. The van der Waals surface area contributed by atoms with Crippen molar-refractivity contribution >= 4 is 18.0 Å². The van der Waals surface area contributed by atoms with Gasteiger partial charge in [-0.2, -0.15) is 5.26 Å². The topological polar surface area (TPSA) is 116 Å². The third-order valence-electron chi connectivity index (χ3n) is 6.28. The Morgan fingerprint density at radius 2 is 1.97 bits per heavy atom. The van der Waals surface area contributed by atoms with Crippen LogP contribution in [0.2, 0.25) is 0 Å². The van der Waals surface area contributed by atoms with Crippen molar-refractivity contribution < 1.29 is 19.1 Å². The zero-order chi connectivity index (χ0) is 22.1. The Bertz CT molecular complexity index is 689. The Morgan fingerprint density at radius 3 is 2.58 bits per heavy atom. The fourth-order valence-electron chi connectivity index (χ4n) is 4.21. The van der Waals surface area contributed by atoms with Crippen LogP contribution in [0, 0.1) is 17.2 Å². The summed E-state index contributed by atoms with van der Waals surface area (Å²) in [7, 11) is 0. The van der Waals surface area contributed by atoms with Crippen LogP contribution in [0.25, 0.3) is 0 Å². The number of hydrogen-bond acceptors (Lipinski definition) is 6. The first kappa shape index (κ1) is 23.3. The van der Waals surface area contributed by atoms with Crippen LogP contribution < -0.4 is 10.6 Å². The molecular weight excluding hydrogens is 398 g/mol. The van der Waals surface area contributed by atoms with Gasteiger partial charge >= 0.3 is 6.09 Å². The highest BCUT2D eigenvalue weighted by molar-refractivity contribution is 5.96. The van der Waals surface area contributed by atoms with Gasteiger partial charge in [-0.05, 0) is 38.5 Å². The molecule has 2 N–H and O–H groups in total. The number of nitrogens with zero attached hydrogens (tertiary/aromatic N) is 3. The second kappa shape index (κ2) is 11.3. The van der Waals surface area contributed by atoms with Crippen LogP contribution in [0.4, 0.5) is 4.79 Å². The summed E-state index contributed by atoms with van der Waals surface area (Å²) < 4.78 is 10.5. The summed E-state index contributed by atoms with van der Waals surface area (Å²) in [4.78, 5) is 31.8. The molecule has 3 fully saturated rings. The van der Waals surface area contributed by atoms with Gasteiger partial charge in [-0.3, -0.25) is 10.1 Å². The summed E-state index contributed by atoms with van der Waals surface area (Å²) in [6.07, 6.45) is 8.42. The van der Waals surface area contributed by atoms with Crippen molar-refractivity contribution in [3.8, 4) is 6.07 Å². The molecule has 9 heteroatoms. The summed E-state index contributed by atoms with van der Waals surface area (Å²) in [5.74, 6) is 0.702. The summed E-state index contributed by atoms with van der Waals surface area (Å²) in [6.45, 7) is 4.19. The van der Waals surface area contributed by atoms with Gasteiger partial charge in [0.1, 0.15) is 11.6 Å². The first-order valence-electron chi connectivity index (χ1n) is 11.6. The van der Waals surface area contributed by atoms with Crippen molar-refractivity contribution in [1.82, 2.24) is 15.5 Å². The number of carbonyl (C=O) groups excluding carboxylic acids is 2. The van der Waals surface area contributed by atoms with Crippen LogP contribution >= 0.6 is 0 Å². The van der Waals surface area contributed by atoms with Gasteiger partial charge in [0.05, 0.1) is 25.9 Å². The molecule has 3 aliphatic rings. The van der Waals surface area contributed by atoms with E-state index in [4.69, 9.17) is 14.5 Å². The highest BCUT2D eigenvalue weighted by Crippen LogP contribution is 2.35. The zero-order valence-electron chi connectivity index (χ0n) is 18.5. The maximum atomic E-state index is 13.1. The van der Waals surface area contributed by atoms with Gasteiger partial charge in [0, 0.05) is 13.1 Å². The third-order valence-corrected chi connectivity index (χ3v) is 6.28. The molecule has 0 bridgehead atoms. The van der Waals surface area contributed by atoms with Crippen LogP contribution in [0.5, 0.6) is 0 Å². The van der Waals surface area contributed by atoms with Crippen LogP contribution in [-0.2, 0) is 14.3 Å². The number of alkyl carbamates (subject to hydrolysis) is 1. The largest absolute Gasteiger partial charge is 0.450 e.